The summed E-state index contributed by atoms with van der Waals surface area (Å²) in [6.07, 6.45) is 0.797. The van der Waals surface area contributed by atoms with Crippen molar-refractivity contribution in [2.24, 2.45) is 0 Å². The fourth-order valence-electron chi connectivity index (χ4n) is 2.98. The van der Waals surface area contributed by atoms with Crippen LogP contribution in [0.15, 0.2) is 36.4 Å². The van der Waals surface area contributed by atoms with Gasteiger partial charge in [0.1, 0.15) is 11.8 Å². The van der Waals surface area contributed by atoms with Crippen LogP contribution in [-0.2, 0) is 16.1 Å². The highest BCUT2D eigenvalue weighted by atomic mass is 35.5. The van der Waals surface area contributed by atoms with Crippen molar-refractivity contribution >= 4 is 35.0 Å². The molecule has 2 aromatic carbocycles. The number of halogens is 2. The first-order valence-electron chi connectivity index (χ1n) is 10.4. The van der Waals surface area contributed by atoms with Crippen LogP contribution in [0.4, 0.5) is 0 Å². The fraction of sp³-hybridized carbons (Fsp3) is 0.417. The first kappa shape index (κ1) is 25.0. The Bertz CT molecular complexity index is 933. The largest absolute Gasteiger partial charge is 0.483 e. The Labute approximate surface area is 194 Å². The highest BCUT2D eigenvalue weighted by molar-refractivity contribution is 6.35. The Morgan fingerprint density at radius 3 is 2.48 bits per heavy atom. The number of hydrogen-bond donors (Lipinski definition) is 1. The van der Waals surface area contributed by atoms with Crippen molar-refractivity contribution in [2.45, 2.75) is 59.7 Å². The van der Waals surface area contributed by atoms with Crippen molar-refractivity contribution in [3.05, 3.63) is 63.1 Å². The molecule has 31 heavy (non-hydrogen) atoms. The van der Waals surface area contributed by atoms with Gasteiger partial charge >= 0.3 is 0 Å². The van der Waals surface area contributed by atoms with E-state index in [9.17, 15) is 9.59 Å². The fourth-order valence-corrected chi connectivity index (χ4v) is 3.45. The molecule has 0 spiro atoms. The second-order valence-electron chi connectivity index (χ2n) is 7.74. The molecule has 0 radical (unpaired) electrons. The predicted molar refractivity (Wildman–Crippen MR) is 126 cm³/mol. The second kappa shape index (κ2) is 11.4. The number of carbonyl (C=O) groups is 2. The van der Waals surface area contributed by atoms with Crippen LogP contribution in [0, 0.1) is 13.8 Å². The minimum absolute atomic E-state index is 0.0113. The Morgan fingerprint density at radius 2 is 1.84 bits per heavy atom. The molecule has 168 valence electrons. The molecule has 0 saturated heterocycles. The van der Waals surface area contributed by atoms with Crippen LogP contribution in [0.3, 0.4) is 0 Å². The van der Waals surface area contributed by atoms with E-state index in [2.05, 4.69) is 5.32 Å². The maximum absolute atomic E-state index is 13.1. The summed E-state index contributed by atoms with van der Waals surface area (Å²) in [7, 11) is 0. The number of nitrogens with one attached hydrogen (secondary N) is 1. The zero-order valence-electron chi connectivity index (χ0n) is 18.7. The van der Waals surface area contributed by atoms with Crippen molar-refractivity contribution < 1.29 is 14.3 Å². The summed E-state index contributed by atoms with van der Waals surface area (Å²) in [5, 5.41) is 3.88. The standard InChI is InChI=1S/C24H30Cl2N2O3/c1-6-16(3)27-24(30)18(5)28(13-19-10-11-20(25)12-21(19)26)23(29)14-31-22-9-7-8-15(2)17(22)4/h7-12,16,18H,6,13-14H2,1-5H3,(H,27,30). The quantitative estimate of drug-likeness (QED) is 0.545. The molecule has 7 heteroatoms. The summed E-state index contributed by atoms with van der Waals surface area (Å²) in [5.74, 6) is 0.118. The highest BCUT2D eigenvalue weighted by Crippen LogP contribution is 2.24. The maximum atomic E-state index is 13.1. The molecule has 2 aromatic rings. The average Bonchev–Trinajstić information content (AvgIpc) is 2.73. The van der Waals surface area contributed by atoms with E-state index in [0.29, 0.717) is 21.4 Å². The van der Waals surface area contributed by atoms with Gasteiger partial charge in [-0.05, 0) is 69.0 Å². The maximum Gasteiger partial charge on any atom is 0.261 e. The van der Waals surface area contributed by atoms with E-state index in [1.165, 1.54) is 4.90 Å². The van der Waals surface area contributed by atoms with Gasteiger partial charge in [0.05, 0.1) is 0 Å². The molecular weight excluding hydrogens is 435 g/mol. The SMILES string of the molecule is CCC(C)NC(=O)C(C)N(Cc1ccc(Cl)cc1Cl)C(=O)COc1cccc(C)c1C. The van der Waals surface area contributed by atoms with Crippen LogP contribution in [0.1, 0.15) is 43.9 Å². The molecule has 2 amide bonds. The highest BCUT2D eigenvalue weighted by Gasteiger charge is 2.28. The second-order valence-corrected chi connectivity index (χ2v) is 8.58. The van der Waals surface area contributed by atoms with Crippen molar-refractivity contribution in [1.29, 1.82) is 0 Å². The van der Waals surface area contributed by atoms with Crippen molar-refractivity contribution in [3.8, 4) is 5.75 Å². The molecule has 0 aliphatic rings. The summed E-state index contributed by atoms with van der Waals surface area (Å²) in [5.41, 5.74) is 2.76. The van der Waals surface area contributed by atoms with Gasteiger partial charge in [-0.1, -0.05) is 48.3 Å². The van der Waals surface area contributed by atoms with Gasteiger partial charge in [-0.2, -0.15) is 0 Å². The number of ether oxygens (including phenoxy) is 1. The molecule has 2 rings (SSSR count). The molecule has 2 atom stereocenters. The van der Waals surface area contributed by atoms with E-state index in [1.807, 2.05) is 45.9 Å². The molecule has 2 unspecified atom stereocenters. The molecule has 0 fully saturated rings. The van der Waals surface area contributed by atoms with Gasteiger partial charge in [0.15, 0.2) is 6.61 Å². The predicted octanol–water partition coefficient (Wildman–Crippen LogP) is 5.32. The Kier molecular flexibility index (Phi) is 9.20. The first-order valence-corrected chi connectivity index (χ1v) is 11.1. The van der Waals surface area contributed by atoms with E-state index >= 15 is 0 Å². The number of benzene rings is 2. The molecule has 0 aromatic heterocycles. The third-order valence-electron chi connectivity index (χ3n) is 5.43. The summed E-state index contributed by atoms with van der Waals surface area (Å²) in [6.45, 7) is 9.54. The smallest absolute Gasteiger partial charge is 0.261 e. The van der Waals surface area contributed by atoms with Gasteiger partial charge in [-0.3, -0.25) is 9.59 Å². The number of rotatable bonds is 9. The molecule has 0 saturated carbocycles. The lowest BCUT2D eigenvalue weighted by Crippen LogP contribution is -2.50. The molecule has 0 bridgehead atoms. The molecule has 1 N–H and O–H groups in total. The zero-order chi connectivity index (χ0) is 23.1. The van der Waals surface area contributed by atoms with Gasteiger partial charge < -0.3 is 15.0 Å². The third-order valence-corrected chi connectivity index (χ3v) is 6.02. The first-order chi connectivity index (χ1) is 14.6. The number of aryl methyl sites for hydroxylation is 1. The number of nitrogens with zero attached hydrogens (tertiary/aromatic N) is 1. The van der Waals surface area contributed by atoms with Gasteiger partial charge in [0.2, 0.25) is 5.91 Å². The van der Waals surface area contributed by atoms with Gasteiger partial charge in [0, 0.05) is 22.6 Å². The Morgan fingerprint density at radius 1 is 1.13 bits per heavy atom. The number of hydrogen-bond acceptors (Lipinski definition) is 3. The summed E-state index contributed by atoms with van der Waals surface area (Å²) in [6, 6.07) is 10.1. The van der Waals surface area contributed by atoms with E-state index in [0.717, 1.165) is 17.5 Å². The van der Waals surface area contributed by atoms with Crippen molar-refractivity contribution in [1.82, 2.24) is 10.2 Å². The van der Waals surface area contributed by atoms with Gasteiger partial charge in [-0.15, -0.1) is 0 Å². The topological polar surface area (TPSA) is 58.6 Å². The van der Waals surface area contributed by atoms with Crippen LogP contribution in [0.25, 0.3) is 0 Å². The van der Waals surface area contributed by atoms with Gasteiger partial charge in [0.25, 0.3) is 5.91 Å². The minimum Gasteiger partial charge on any atom is -0.483 e. The molecule has 0 aliphatic carbocycles. The molecule has 0 heterocycles. The lowest BCUT2D eigenvalue weighted by atomic mass is 10.1. The van der Waals surface area contributed by atoms with E-state index in [4.69, 9.17) is 27.9 Å². The molecular formula is C24H30Cl2N2O3. The van der Waals surface area contributed by atoms with Crippen LogP contribution in [-0.4, -0.2) is 35.4 Å². The number of carbonyl (C=O) groups excluding carboxylic acids is 2. The van der Waals surface area contributed by atoms with Crippen molar-refractivity contribution in [2.75, 3.05) is 6.61 Å². The normalized spacial score (nSPS) is 12.7. The molecule has 0 aliphatic heterocycles. The van der Waals surface area contributed by atoms with Gasteiger partial charge in [-0.25, -0.2) is 0 Å². The van der Waals surface area contributed by atoms with Crippen molar-refractivity contribution in [3.63, 3.8) is 0 Å². The van der Waals surface area contributed by atoms with Crippen LogP contribution < -0.4 is 10.1 Å². The zero-order valence-corrected chi connectivity index (χ0v) is 20.2. The third kappa shape index (κ3) is 6.88. The van der Waals surface area contributed by atoms with Crippen LogP contribution in [0.2, 0.25) is 10.0 Å². The Balaban J connectivity index is 2.23. The minimum atomic E-state index is -0.699. The van der Waals surface area contributed by atoms with Crippen LogP contribution in [0.5, 0.6) is 5.75 Å². The summed E-state index contributed by atoms with van der Waals surface area (Å²) >= 11 is 12.3. The van der Waals surface area contributed by atoms with E-state index < -0.39 is 6.04 Å². The van der Waals surface area contributed by atoms with E-state index in [1.54, 1.807) is 25.1 Å². The van der Waals surface area contributed by atoms with E-state index in [-0.39, 0.29) is 31.0 Å². The summed E-state index contributed by atoms with van der Waals surface area (Å²) < 4.78 is 5.80. The monoisotopic (exact) mass is 464 g/mol. The molecule has 5 nitrogen and oxygen atoms in total. The summed E-state index contributed by atoms with van der Waals surface area (Å²) in [4.78, 5) is 27.4. The Hall–Kier alpha value is -2.24. The lowest BCUT2D eigenvalue weighted by Gasteiger charge is -2.30. The van der Waals surface area contributed by atoms with Crippen LogP contribution >= 0.6 is 23.2 Å². The lowest BCUT2D eigenvalue weighted by molar-refractivity contribution is -0.142. The average molecular weight is 465 g/mol. The number of amides is 2.